The molecule has 1 aliphatic rings. The molecule has 0 spiro atoms. The molecule has 0 aliphatic carbocycles. The molecule has 154 valence electrons. The Morgan fingerprint density at radius 1 is 0.903 bits per heavy atom. The van der Waals surface area contributed by atoms with Crippen molar-refractivity contribution in [1.29, 1.82) is 0 Å². The Morgan fingerprint density at radius 2 is 1.68 bits per heavy atom. The number of aromatic nitrogens is 3. The SMILES string of the molecule is S=C1NC(c2ccccn2)C(c2cccn2Cc2ccccn2)N1c1ccc(Cl)cc1. The zero-order chi connectivity index (χ0) is 21.2. The summed E-state index contributed by atoms with van der Waals surface area (Å²) in [6.45, 7) is 0.676. The Balaban J connectivity index is 1.60. The van der Waals surface area contributed by atoms with E-state index in [1.54, 1.807) is 0 Å². The Labute approximate surface area is 191 Å². The molecule has 4 aromatic rings. The highest BCUT2D eigenvalue weighted by Gasteiger charge is 2.42. The van der Waals surface area contributed by atoms with Crippen LogP contribution in [-0.4, -0.2) is 19.6 Å². The number of anilines is 1. The Hall–Kier alpha value is -3.22. The molecular weight excluding hydrogens is 426 g/mol. The molecule has 31 heavy (non-hydrogen) atoms. The predicted molar refractivity (Wildman–Crippen MR) is 127 cm³/mol. The minimum atomic E-state index is -0.0956. The number of hydrogen-bond acceptors (Lipinski definition) is 3. The third kappa shape index (κ3) is 3.92. The number of benzene rings is 1. The third-order valence-electron chi connectivity index (χ3n) is 5.43. The topological polar surface area (TPSA) is 46.0 Å². The van der Waals surface area contributed by atoms with Crippen molar-refractivity contribution in [3.05, 3.63) is 113 Å². The van der Waals surface area contributed by atoms with Crippen molar-refractivity contribution in [3.8, 4) is 0 Å². The van der Waals surface area contributed by atoms with Gasteiger partial charge in [-0.2, -0.15) is 0 Å². The molecule has 0 bridgehead atoms. The number of pyridine rings is 2. The van der Waals surface area contributed by atoms with Crippen molar-refractivity contribution in [3.63, 3.8) is 0 Å². The summed E-state index contributed by atoms with van der Waals surface area (Å²) in [5.41, 5.74) is 4.05. The molecule has 5 nitrogen and oxygen atoms in total. The summed E-state index contributed by atoms with van der Waals surface area (Å²) in [7, 11) is 0. The van der Waals surface area contributed by atoms with Crippen molar-refractivity contribution < 1.29 is 0 Å². The van der Waals surface area contributed by atoms with Gasteiger partial charge in [0.05, 0.1) is 24.0 Å². The van der Waals surface area contributed by atoms with Crippen LogP contribution in [0.5, 0.6) is 0 Å². The zero-order valence-electron chi connectivity index (χ0n) is 16.6. The first-order valence-electron chi connectivity index (χ1n) is 10.0. The first kappa shape index (κ1) is 19.7. The van der Waals surface area contributed by atoms with Gasteiger partial charge in [-0.25, -0.2) is 0 Å². The number of nitrogens with one attached hydrogen (secondary N) is 1. The van der Waals surface area contributed by atoms with E-state index in [-0.39, 0.29) is 12.1 Å². The van der Waals surface area contributed by atoms with E-state index in [0.717, 1.165) is 22.8 Å². The van der Waals surface area contributed by atoms with Crippen LogP contribution in [0.3, 0.4) is 0 Å². The number of halogens is 1. The van der Waals surface area contributed by atoms with Gasteiger partial charge in [-0.15, -0.1) is 0 Å². The van der Waals surface area contributed by atoms with Gasteiger partial charge in [0.15, 0.2) is 5.11 Å². The van der Waals surface area contributed by atoms with Gasteiger partial charge in [-0.1, -0.05) is 23.7 Å². The van der Waals surface area contributed by atoms with Crippen LogP contribution in [0, 0.1) is 0 Å². The minimum absolute atomic E-state index is 0.0812. The molecule has 3 aromatic heterocycles. The Bertz CT molecular complexity index is 1180. The van der Waals surface area contributed by atoms with Crippen LogP contribution in [0.1, 0.15) is 29.2 Å². The summed E-state index contributed by atoms with van der Waals surface area (Å²) in [6, 6.07) is 23.7. The maximum Gasteiger partial charge on any atom is 0.174 e. The van der Waals surface area contributed by atoms with Gasteiger partial charge in [0.1, 0.15) is 6.04 Å². The lowest BCUT2D eigenvalue weighted by atomic mass is 10.0. The summed E-state index contributed by atoms with van der Waals surface area (Å²) >= 11 is 11.9. The van der Waals surface area contributed by atoms with Crippen LogP contribution in [0.4, 0.5) is 5.69 Å². The molecule has 1 aromatic carbocycles. The van der Waals surface area contributed by atoms with E-state index in [4.69, 9.17) is 23.8 Å². The van der Waals surface area contributed by atoms with Crippen LogP contribution in [-0.2, 0) is 6.54 Å². The van der Waals surface area contributed by atoms with Crippen molar-refractivity contribution in [2.45, 2.75) is 18.6 Å². The van der Waals surface area contributed by atoms with Gasteiger partial charge in [0.25, 0.3) is 0 Å². The molecule has 0 amide bonds. The lowest BCUT2D eigenvalue weighted by Crippen LogP contribution is -2.30. The number of thiocarbonyl (C=S) groups is 1. The molecule has 0 radical (unpaired) electrons. The summed E-state index contributed by atoms with van der Waals surface area (Å²) < 4.78 is 2.22. The largest absolute Gasteiger partial charge is 0.351 e. The fourth-order valence-electron chi connectivity index (χ4n) is 4.04. The first-order chi connectivity index (χ1) is 15.2. The van der Waals surface area contributed by atoms with E-state index < -0.39 is 0 Å². The van der Waals surface area contributed by atoms with Crippen molar-refractivity contribution in [2.75, 3.05) is 4.90 Å². The first-order valence-corrected chi connectivity index (χ1v) is 10.8. The minimum Gasteiger partial charge on any atom is -0.351 e. The second kappa shape index (κ2) is 8.49. The monoisotopic (exact) mass is 445 g/mol. The standard InChI is InChI=1S/C24H20ClN5S/c25-17-9-11-19(12-10-17)30-23(22(28-24(30)31)20-7-2-4-14-27-20)21-8-5-15-29(21)16-18-6-1-3-13-26-18/h1-15,22-23H,16H2,(H,28,31). The van der Waals surface area contributed by atoms with Gasteiger partial charge >= 0.3 is 0 Å². The molecule has 5 rings (SSSR count). The number of rotatable bonds is 5. The van der Waals surface area contributed by atoms with Gasteiger partial charge in [-0.05, 0) is 72.9 Å². The van der Waals surface area contributed by atoms with Crippen LogP contribution in [0.15, 0.2) is 91.4 Å². The average molecular weight is 446 g/mol. The van der Waals surface area contributed by atoms with Crippen molar-refractivity contribution in [2.24, 2.45) is 0 Å². The van der Waals surface area contributed by atoms with E-state index in [0.29, 0.717) is 16.7 Å². The van der Waals surface area contributed by atoms with E-state index in [2.05, 4.69) is 43.1 Å². The van der Waals surface area contributed by atoms with Gasteiger partial charge in [0, 0.05) is 35.0 Å². The Kier molecular flexibility index (Phi) is 5.40. The summed E-state index contributed by atoms with van der Waals surface area (Å²) in [6.07, 6.45) is 5.72. The van der Waals surface area contributed by atoms with Crippen LogP contribution in [0.2, 0.25) is 5.02 Å². The third-order valence-corrected chi connectivity index (χ3v) is 6.00. The van der Waals surface area contributed by atoms with Gasteiger partial charge in [-0.3, -0.25) is 9.97 Å². The fourth-order valence-corrected chi connectivity index (χ4v) is 4.51. The highest BCUT2D eigenvalue weighted by molar-refractivity contribution is 7.80. The summed E-state index contributed by atoms with van der Waals surface area (Å²) in [4.78, 5) is 11.3. The maximum absolute atomic E-state index is 6.14. The lowest BCUT2D eigenvalue weighted by molar-refractivity contribution is 0.532. The molecule has 7 heteroatoms. The van der Waals surface area contributed by atoms with Crippen molar-refractivity contribution >= 4 is 34.6 Å². The molecule has 4 heterocycles. The predicted octanol–water partition coefficient (Wildman–Crippen LogP) is 5.16. The molecule has 2 atom stereocenters. The normalized spacial score (nSPS) is 18.2. The second-order valence-electron chi connectivity index (χ2n) is 7.36. The second-order valence-corrected chi connectivity index (χ2v) is 8.18. The molecule has 1 N–H and O–H groups in total. The van der Waals surface area contributed by atoms with E-state index in [9.17, 15) is 0 Å². The molecule has 1 fully saturated rings. The summed E-state index contributed by atoms with van der Waals surface area (Å²) in [5.74, 6) is 0. The Morgan fingerprint density at radius 3 is 2.39 bits per heavy atom. The molecule has 0 saturated carbocycles. The quantitative estimate of drug-likeness (QED) is 0.430. The molecule has 1 aliphatic heterocycles. The van der Waals surface area contributed by atoms with E-state index in [1.165, 1.54) is 0 Å². The van der Waals surface area contributed by atoms with E-state index in [1.807, 2.05) is 73.1 Å². The number of nitrogens with zero attached hydrogens (tertiary/aromatic N) is 4. The van der Waals surface area contributed by atoms with Gasteiger partial charge in [0.2, 0.25) is 0 Å². The van der Waals surface area contributed by atoms with Gasteiger partial charge < -0.3 is 14.8 Å². The molecular formula is C24H20ClN5S. The molecule has 2 unspecified atom stereocenters. The van der Waals surface area contributed by atoms with Crippen LogP contribution >= 0.6 is 23.8 Å². The van der Waals surface area contributed by atoms with Crippen LogP contribution in [0.25, 0.3) is 0 Å². The van der Waals surface area contributed by atoms with Crippen LogP contribution < -0.4 is 10.2 Å². The fraction of sp³-hybridized carbons (Fsp3) is 0.125. The zero-order valence-corrected chi connectivity index (χ0v) is 18.2. The average Bonchev–Trinajstić information content (AvgIpc) is 3.39. The summed E-state index contributed by atoms with van der Waals surface area (Å²) in [5, 5.41) is 4.85. The van der Waals surface area contributed by atoms with E-state index >= 15 is 0 Å². The maximum atomic E-state index is 6.14. The number of hydrogen-bond donors (Lipinski definition) is 1. The molecule has 1 saturated heterocycles. The highest BCUT2D eigenvalue weighted by atomic mass is 35.5. The lowest BCUT2D eigenvalue weighted by Gasteiger charge is -2.29. The smallest absolute Gasteiger partial charge is 0.174 e. The van der Waals surface area contributed by atoms with Crippen molar-refractivity contribution in [1.82, 2.24) is 19.9 Å². The highest BCUT2D eigenvalue weighted by Crippen LogP contribution is 2.41.